The van der Waals surface area contributed by atoms with E-state index in [0.717, 1.165) is 25.5 Å². The normalized spacial score (nSPS) is 22.6. The van der Waals surface area contributed by atoms with Crippen molar-refractivity contribution >= 4 is 0 Å². The van der Waals surface area contributed by atoms with Crippen LogP contribution in [0.1, 0.15) is 30.4 Å². The van der Waals surface area contributed by atoms with Gasteiger partial charge in [0.05, 0.1) is 18.3 Å². The highest BCUT2D eigenvalue weighted by Gasteiger charge is 2.32. The highest BCUT2D eigenvalue weighted by Crippen LogP contribution is 2.35. The van der Waals surface area contributed by atoms with Crippen LogP contribution in [0.25, 0.3) is 0 Å². The van der Waals surface area contributed by atoms with Crippen molar-refractivity contribution in [2.24, 2.45) is 13.0 Å². The topological polar surface area (TPSA) is 50.1 Å². The minimum Gasteiger partial charge on any atom is -0.299 e. The van der Waals surface area contributed by atoms with Gasteiger partial charge in [-0.3, -0.25) is 14.5 Å². The fraction of sp³-hybridized carbons (Fsp3) is 0.588. The molecule has 124 valence electrons. The third-order valence-electron chi connectivity index (χ3n) is 4.75. The lowest BCUT2D eigenvalue weighted by molar-refractivity contribution is 0.0866. The molecule has 0 saturated carbocycles. The van der Waals surface area contributed by atoms with Gasteiger partial charge in [0.2, 0.25) is 0 Å². The average Bonchev–Trinajstić information content (AvgIpc) is 2.94. The number of hydrogen-bond donors (Lipinski definition) is 0. The van der Waals surface area contributed by atoms with E-state index in [1.165, 1.54) is 18.5 Å². The second-order valence-corrected chi connectivity index (χ2v) is 6.57. The third-order valence-corrected chi connectivity index (χ3v) is 4.75. The zero-order valence-electron chi connectivity index (χ0n) is 14.3. The largest absolute Gasteiger partial charge is 0.299 e. The van der Waals surface area contributed by atoms with Crippen LogP contribution in [0.5, 0.6) is 0 Å². The fourth-order valence-electron chi connectivity index (χ4n) is 3.71. The molecule has 1 aliphatic heterocycles. The lowest BCUT2D eigenvalue weighted by Crippen LogP contribution is -2.41. The fourth-order valence-corrected chi connectivity index (χ4v) is 3.71. The third kappa shape index (κ3) is 3.76. The Bertz CT molecular complexity index is 611. The van der Waals surface area contributed by atoms with Crippen LogP contribution in [-0.4, -0.2) is 56.7 Å². The minimum atomic E-state index is 0.426. The molecule has 0 bridgehead atoms. The second kappa shape index (κ2) is 7.19. The quantitative estimate of drug-likeness (QED) is 0.841. The van der Waals surface area contributed by atoms with Crippen molar-refractivity contribution in [2.75, 3.05) is 27.2 Å². The Kier molecular flexibility index (Phi) is 5.03. The van der Waals surface area contributed by atoms with Gasteiger partial charge in [-0.25, -0.2) is 9.97 Å². The van der Waals surface area contributed by atoms with Crippen LogP contribution in [0.3, 0.4) is 0 Å². The lowest BCUT2D eigenvalue weighted by atomic mass is 9.87. The van der Waals surface area contributed by atoms with Gasteiger partial charge in [-0.15, -0.1) is 0 Å². The van der Waals surface area contributed by atoms with E-state index in [2.05, 4.69) is 45.0 Å². The van der Waals surface area contributed by atoms with Crippen molar-refractivity contribution in [3.8, 4) is 0 Å². The molecule has 1 fully saturated rings. The summed E-state index contributed by atoms with van der Waals surface area (Å²) in [6.07, 6.45) is 8.02. The maximum Gasteiger partial charge on any atom is 0.142 e. The Morgan fingerprint density at radius 1 is 1.22 bits per heavy atom. The van der Waals surface area contributed by atoms with E-state index >= 15 is 0 Å². The molecule has 0 aromatic carbocycles. The van der Waals surface area contributed by atoms with Gasteiger partial charge >= 0.3 is 0 Å². The van der Waals surface area contributed by atoms with Crippen LogP contribution in [0.2, 0.25) is 0 Å². The zero-order chi connectivity index (χ0) is 16.2. The number of nitrogens with zero attached hydrogens (tertiary/aromatic N) is 6. The molecule has 3 heterocycles. The van der Waals surface area contributed by atoms with Crippen molar-refractivity contribution < 1.29 is 0 Å². The van der Waals surface area contributed by atoms with Crippen molar-refractivity contribution in [3.05, 3.63) is 42.2 Å². The van der Waals surface area contributed by atoms with Gasteiger partial charge in [0.15, 0.2) is 0 Å². The van der Waals surface area contributed by atoms with Crippen LogP contribution in [0, 0.1) is 5.92 Å². The summed E-state index contributed by atoms with van der Waals surface area (Å²) in [5, 5.41) is 4.36. The molecule has 2 aromatic rings. The van der Waals surface area contributed by atoms with Crippen LogP contribution in [0.15, 0.2) is 30.7 Å². The standard InChI is InChI=1S/C17H26N6/c1-21(13-16-18-8-5-9-19-16)12-14-6-4-11-22(2)17(14)15-7-10-20-23(15)3/h5,7-10,14,17H,4,6,11-13H2,1-3H3/t14-,17+/m0/s1. The molecule has 0 aliphatic carbocycles. The summed E-state index contributed by atoms with van der Waals surface area (Å²) in [6.45, 7) is 2.98. The van der Waals surface area contributed by atoms with Gasteiger partial charge in [-0.1, -0.05) is 0 Å². The first-order valence-corrected chi connectivity index (χ1v) is 8.27. The first kappa shape index (κ1) is 16.1. The van der Waals surface area contributed by atoms with Crippen LogP contribution in [-0.2, 0) is 13.6 Å². The molecular formula is C17H26N6. The molecule has 3 rings (SSSR count). The van der Waals surface area contributed by atoms with E-state index in [9.17, 15) is 0 Å². The number of likely N-dealkylation sites (tertiary alicyclic amines) is 1. The maximum absolute atomic E-state index is 4.36. The number of aryl methyl sites for hydroxylation is 1. The molecule has 1 saturated heterocycles. The monoisotopic (exact) mass is 314 g/mol. The molecule has 6 nitrogen and oxygen atoms in total. The Balaban J connectivity index is 1.70. The van der Waals surface area contributed by atoms with Crippen LogP contribution >= 0.6 is 0 Å². The summed E-state index contributed by atoms with van der Waals surface area (Å²) < 4.78 is 2.01. The van der Waals surface area contributed by atoms with Gasteiger partial charge in [0, 0.05) is 32.2 Å². The van der Waals surface area contributed by atoms with E-state index < -0.39 is 0 Å². The highest BCUT2D eigenvalue weighted by molar-refractivity contribution is 5.10. The number of rotatable bonds is 5. The molecule has 0 spiro atoms. The minimum absolute atomic E-state index is 0.426. The Labute approximate surface area is 138 Å². The molecule has 0 radical (unpaired) electrons. The van der Waals surface area contributed by atoms with Crippen LogP contribution in [0.4, 0.5) is 0 Å². The molecule has 0 N–H and O–H groups in total. The van der Waals surface area contributed by atoms with Crippen molar-refractivity contribution in [2.45, 2.75) is 25.4 Å². The summed E-state index contributed by atoms with van der Waals surface area (Å²) >= 11 is 0. The van der Waals surface area contributed by atoms with E-state index in [4.69, 9.17) is 0 Å². The van der Waals surface area contributed by atoms with Gasteiger partial charge in [0.25, 0.3) is 0 Å². The summed E-state index contributed by atoms with van der Waals surface area (Å²) in [5.74, 6) is 1.48. The Morgan fingerprint density at radius 3 is 2.70 bits per heavy atom. The van der Waals surface area contributed by atoms with E-state index in [-0.39, 0.29) is 0 Å². The zero-order valence-corrected chi connectivity index (χ0v) is 14.3. The lowest BCUT2D eigenvalue weighted by Gasteiger charge is -2.40. The highest BCUT2D eigenvalue weighted by atomic mass is 15.3. The smallest absolute Gasteiger partial charge is 0.142 e. The van der Waals surface area contributed by atoms with E-state index in [0.29, 0.717) is 12.0 Å². The van der Waals surface area contributed by atoms with Crippen molar-refractivity contribution in [1.82, 2.24) is 29.5 Å². The van der Waals surface area contributed by atoms with Gasteiger partial charge in [-0.2, -0.15) is 5.10 Å². The Morgan fingerprint density at radius 2 is 2.00 bits per heavy atom. The summed E-state index contributed by atoms with van der Waals surface area (Å²) in [7, 11) is 6.42. The molecule has 2 atom stereocenters. The summed E-state index contributed by atoms with van der Waals surface area (Å²) in [4.78, 5) is 13.5. The molecule has 0 unspecified atom stereocenters. The molecule has 0 amide bonds. The van der Waals surface area contributed by atoms with Gasteiger partial charge < -0.3 is 0 Å². The molecule has 6 heteroatoms. The van der Waals surface area contributed by atoms with Gasteiger partial charge in [-0.05, 0) is 51.5 Å². The molecule has 23 heavy (non-hydrogen) atoms. The first-order valence-electron chi connectivity index (χ1n) is 8.27. The first-order chi connectivity index (χ1) is 11.1. The number of hydrogen-bond acceptors (Lipinski definition) is 5. The van der Waals surface area contributed by atoms with Crippen LogP contribution < -0.4 is 0 Å². The SMILES string of the molecule is CN(Cc1ncccn1)C[C@@H]1CCCN(C)[C@H]1c1ccnn1C. The molecule has 1 aliphatic rings. The van der Waals surface area contributed by atoms with Crippen molar-refractivity contribution in [3.63, 3.8) is 0 Å². The summed E-state index contributed by atoms with van der Waals surface area (Å²) in [5.41, 5.74) is 1.31. The second-order valence-electron chi connectivity index (χ2n) is 6.57. The molecular weight excluding hydrogens is 288 g/mol. The maximum atomic E-state index is 4.36. The number of piperidine rings is 1. The number of aromatic nitrogens is 4. The summed E-state index contributed by atoms with van der Waals surface area (Å²) in [6, 6.07) is 4.44. The predicted molar refractivity (Wildman–Crippen MR) is 89.7 cm³/mol. The Hall–Kier alpha value is -1.79. The predicted octanol–water partition coefficient (Wildman–Crippen LogP) is 1.72. The van der Waals surface area contributed by atoms with Gasteiger partial charge in [0.1, 0.15) is 5.82 Å². The average molecular weight is 314 g/mol. The molecule has 2 aromatic heterocycles. The van der Waals surface area contributed by atoms with E-state index in [1.807, 2.05) is 36.4 Å². The van der Waals surface area contributed by atoms with Crippen molar-refractivity contribution in [1.29, 1.82) is 0 Å². The van der Waals surface area contributed by atoms with E-state index in [1.54, 1.807) is 0 Å².